The fourth-order valence-electron chi connectivity index (χ4n) is 7.87. The molecule has 212 valence electrons. The molecule has 0 atom stereocenters. The third-order valence-corrected chi connectivity index (χ3v) is 9.77. The highest BCUT2D eigenvalue weighted by Crippen LogP contribution is 2.57. The summed E-state index contributed by atoms with van der Waals surface area (Å²) in [6.07, 6.45) is 0. The zero-order valence-corrected chi connectivity index (χ0v) is 24.9. The Morgan fingerprint density at radius 3 is 2.18 bits per heavy atom. The number of aromatic nitrogens is 3. The van der Waals surface area contributed by atoms with Crippen LogP contribution in [0.4, 0.5) is 0 Å². The van der Waals surface area contributed by atoms with Gasteiger partial charge in [-0.3, -0.25) is 4.57 Å². The third-order valence-electron chi connectivity index (χ3n) is 9.77. The molecule has 4 heteroatoms. The quantitative estimate of drug-likeness (QED) is 0.205. The number of hydrogen-bond acceptors (Lipinski definition) is 3. The van der Waals surface area contributed by atoms with E-state index in [1.807, 2.05) is 6.07 Å². The van der Waals surface area contributed by atoms with Crippen molar-refractivity contribution in [2.45, 2.75) is 19.3 Å². The zero-order valence-electron chi connectivity index (χ0n) is 24.9. The second-order valence-corrected chi connectivity index (χ2v) is 12.6. The van der Waals surface area contributed by atoms with E-state index in [9.17, 15) is 0 Å². The van der Waals surface area contributed by atoms with Gasteiger partial charge >= 0.3 is 0 Å². The fourth-order valence-corrected chi connectivity index (χ4v) is 7.87. The maximum absolute atomic E-state index is 6.84. The van der Waals surface area contributed by atoms with Crippen molar-refractivity contribution < 1.29 is 4.42 Å². The van der Waals surface area contributed by atoms with Crippen molar-refractivity contribution in [1.29, 1.82) is 0 Å². The summed E-state index contributed by atoms with van der Waals surface area (Å²) in [5.74, 6) is 0.656. The molecule has 0 bridgehead atoms. The van der Waals surface area contributed by atoms with Gasteiger partial charge in [-0.15, -0.1) is 0 Å². The minimum absolute atomic E-state index is 0.276. The summed E-state index contributed by atoms with van der Waals surface area (Å²) in [5, 5.41) is 5.59. The lowest BCUT2D eigenvalue weighted by Gasteiger charge is -2.23. The van der Waals surface area contributed by atoms with Crippen molar-refractivity contribution in [3.8, 4) is 28.3 Å². The minimum atomic E-state index is -0.276. The smallest absolute Gasteiger partial charge is 0.235 e. The number of para-hydroxylation sites is 3. The Labute approximate surface area is 259 Å². The van der Waals surface area contributed by atoms with E-state index in [0.29, 0.717) is 5.95 Å². The molecule has 0 N–H and O–H groups in total. The van der Waals surface area contributed by atoms with Crippen LogP contribution in [0.3, 0.4) is 0 Å². The van der Waals surface area contributed by atoms with E-state index in [-0.39, 0.29) is 5.41 Å². The molecule has 1 aliphatic rings. The van der Waals surface area contributed by atoms with Gasteiger partial charge in [0, 0.05) is 32.5 Å². The first-order chi connectivity index (χ1) is 22.1. The lowest BCUT2D eigenvalue weighted by atomic mass is 9.81. The minimum Gasteiger partial charge on any atom is -0.455 e. The van der Waals surface area contributed by atoms with Crippen LogP contribution >= 0.6 is 0 Å². The van der Waals surface area contributed by atoms with Crippen molar-refractivity contribution >= 4 is 54.6 Å². The SMILES string of the molecule is CC1(C)c2ccccc2-c2c1c1c(c3ccccc3n1-c1nc(-c3ccccc3)c3ccccc3n1)c1oc3ccccc3c21. The van der Waals surface area contributed by atoms with Crippen LogP contribution in [0.25, 0.3) is 83.0 Å². The summed E-state index contributed by atoms with van der Waals surface area (Å²) in [7, 11) is 0. The summed E-state index contributed by atoms with van der Waals surface area (Å²) in [5.41, 5.74) is 11.7. The predicted octanol–water partition coefficient (Wildman–Crippen LogP) is 10.6. The summed E-state index contributed by atoms with van der Waals surface area (Å²) in [6, 6.07) is 44.6. The summed E-state index contributed by atoms with van der Waals surface area (Å²) in [6.45, 7) is 4.70. The van der Waals surface area contributed by atoms with Gasteiger partial charge in [-0.05, 0) is 40.5 Å². The monoisotopic (exact) mass is 577 g/mol. The van der Waals surface area contributed by atoms with E-state index in [0.717, 1.165) is 60.5 Å². The molecule has 9 aromatic rings. The van der Waals surface area contributed by atoms with Gasteiger partial charge in [-0.2, -0.15) is 0 Å². The van der Waals surface area contributed by atoms with E-state index in [1.54, 1.807) is 0 Å². The predicted molar refractivity (Wildman–Crippen MR) is 184 cm³/mol. The Balaban J connectivity index is 1.47. The van der Waals surface area contributed by atoms with Crippen molar-refractivity contribution in [3.05, 3.63) is 139 Å². The van der Waals surface area contributed by atoms with Crippen molar-refractivity contribution in [2.24, 2.45) is 0 Å². The number of nitrogens with zero attached hydrogens (tertiary/aromatic N) is 3. The Kier molecular flexibility index (Phi) is 4.76. The number of hydrogen-bond donors (Lipinski definition) is 0. The van der Waals surface area contributed by atoms with E-state index in [4.69, 9.17) is 14.4 Å². The molecular weight excluding hydrogens is 550 g/mol. The topological polar surface area (TPSA) is 43.9 Å². The summed E-state index contributed by atoms with van der Waals surface area (Å²) < 4.78 is 9.13. The van der Waals surface area contributed by atoms with Gasteiger partial charge in [0.25, 0.3) is 0 Å². The first-order valence-electron chi connectivity index (χ1n) is 15.4. The molecule has 1 aliphatic carbocycles. The normalized spacial score (nSPS) is 13.7. The molecule has 3 aromatic heterocycles. The van der Waals surface area contributed by atoms with Gasteiger partial charge in [-0.1, -0.05) is 123 Å². The van der Waals surface area contributed by atoms with Crippen molar-refractivity contribution in [2.75, 3.05) is 0 Å². The second-order valence-electron chi connectivity index (χ2n) is 12.6. The van der Waals surface area contributed by atoms with Crippen LogP contribution in [0, 0.1) is 0 Å². The average molecular weight is 578 g/mol. The van der Waals surface area contributed by atoms with Crippen LogP contribution in [-0.4, -0.2) is 14.5 Å². The zero-order chi connectivity index (χ0) is 29.9. The standard InChI is InChI=1S/C41H27N3O/c1-41(2)29-20-10-6-16-25(29)33-34-28-19-9-13-23-32(28)45-39(34)35-27-18-8-12-22-31(27)44(38(35)36(33)41)40-42-30-21-11-7-17-26(30)37(43-40)24-14-4-3-5-15-24/h3-23H,1-2H3. The number of benzene rings is 6. The van der Waals surface area contributed by atoms with Gasteiger partial charge < -0.3 is 4.42 Å². The molecule has 0 saturated heterocycles. The molecule has 10 rings (SSSR count). The third kappa shape index (κ3) is 3.16. The largest absolute Gasteiger partial charge is 0.455 e. The highest BCUT2D eigenvalue weighted by Gasteiger charge is 2.41. The number of rotatable bonds is 2. The Hall–Kier alpha value is -5.74. The Morgan fingerprint density at radius 1 is 0.622 bits per heavy atom. The van der Waals surface area contributed by atoms with E-state index in [1.165, 1.54) is 27.6 Å². The van der Waals surface area contributed by atoms with Gasteiger partial charge in [0.1, 0.15) is 11.2 Å². The molecule has 45 heavy (non-hydrogen) atoms. The van der Waals surface area contributed by atoms with E-state index in [2.05, 4.69) is 140 Å². The number of fused-ring (bicyclic) bond motifs is 13. The first kappa shape index (κ1) is 24.7. The molecule has 0 unspecified atom stereocenters. The highest BCUT2D eigenvalue weighted by molar-refractivity contribution is 6.30. The molecule has 0 aliphatic heterocycles. The van der Waals surface area contributed by atoms with Crippen LogP contribution in [0.2, 0.25) is 0 Å². The molecule has 0 fully saturated rings. The first-order valence-corrected chi connectivity index (χ1v) is 15.4. The highest BCUT2D eigenvalue weighted by atomic mass is 16.3. The van der Waals surface area contributed by atoms with Gasteiger partial charge in [-0.25, -0.2) is 9.97 Å². The molecule has 4 nitrogen and oxygen atoms in total. The Bertz CT molecular complexity index is 2680. The van der Waals surface area contributed by atoms with Crippen molar-refractivity contribution in [3.63, 3.8) is 0 Å². The lowest BCUT2D eigenvalue weighted by molar-refractivity contribution is 0.661. The van der Waals surface area contributed by atoms with Gasteiger partial charge in [0.15, 0.2) is 0 Å². The van der Waals surface area contributed by atoms with Gasteiger partial charge in [0.05, 0.1) is 27.6 Å². The number of furan rings is 1. The van der Waals surface area contributed by atoms with Crippen LogP contribution in [-0.2, 0) is 5.41 Å². The summed E-state index contributed by atoms with van der Waals surface area (Å²) in [4.78, 5) is 10.7. The summed E-state index contributed by atoms with van der Waals surface area (Å²) >= 11 is 0. The lowest BCUT2D eigenvalue weighted by Crippen LogP contribution is -2.17. The van der Waals surface area contributed by atoms with E-state index >= 15 is 0 Å². The van der Waals surface area contributed by atoms with Crippen LogP contribution < -0.4 is 0 Å². The maximum atomic E-state index is 6.84. The van der Waals surface area contributed by atoms with Gasteiger partial charge in [0.2, 0.25) is 5.95 Å². The molecular formula is C41H27N3O. The van der Waals surface area contributed by atoms with Crippen LogP contribution in [0.5, 0.6) is 0 Å². The average Bonchev–Trinajstić information content (AvgIpc) is 3.70. The second kappa shape index (κ2) is 8.67. The van der Waals surface area contributed by atoms with Crippen LogP contribution in [0.15, 0.2) is 132 Å². The molecule has 0 saturated carbocycles. The van der Waals surface area contributed by atoms with Crippen LogP contribution in [0.1, 0.15) is 25.0 Å². The molecule has 0 spiro atoms. The molecule has 0 radical (unpaired) electrons. The molecule has 3 heterocycles. The molecule has 6 aromatic carbocycles. The van der Waals surface area contributed by atoms with E-state index < -0.39 is 0 Å². The van der Waals surface area contributed by atoms with Crippen molar-refractivity contribution in [1.82, 2.24) is 14.5 Å². The fraction of sp³-hybridized carbons (Fsp3) is 0.0732. The Morgan fingerprint density at radius 2 is 1.31 bits per heavy atom. The maximum Gasteiger partial charge on any atom is 0.235 e. The molecule has 0 amide bonds.